The Labute approximate surface area is 157 Å². The zero-order valence-electron chi connectivity index (χ0n) is 14.5. The van der Waals surface area contributed by atoms with Crippen LogP contribution >= 0.6 is 11.6 Å². The molecule has 1 N–H and O–H groups in total. The average Bonchev–Trinajstić information content (AvgIpc) is 2.56. The number of hydrogen-bond acceptors (Lipinski definition) is 3. The number of benzene rings is 2. The Morgan fingerprint density at radius 2 is 1.77 bits per heavy atom. The molecule has 0 aliphatic carbocycles. The predicted molar refractivity (Wildman–Crippen MR) is 101 cm³/mol. The van der Waals surface area contributed by atoms with Crippen LogP contribution in [-0.2, 0) is 15.0 Å². The Bertz CT molecular complexity index is 902. The van der Waals surface area contributed by atoms with Crippen molar-refractivity contribution in [2.24, 2.45) is 0 Å². The summed E-state index contributed by atoms with van der Waals surface area (Å²) in [5.41, 5.74) is 1.46. The van der Waals surface area contributed by atoms with E-state index < -0.39 is 28.5 Å². The molecule has 2 aromatic rings. The highest BCUT2D eigenvalue weighted by atomic mass is 35.5. The van der Waals surface area contributed by atoms with Gasteiger partial charge in [0.25, 0.3) is 0 Å². The lowest BCUT2D eigenvalue weighted by Crippen LogP contribution is -2.44. The molecule has 0 aromatic heterocycles. The zero-order valence-corrected chi connectivity index (χ0v) is 16.1. The minimum Gasteiger partial charge on any atom is -0.324 e. The molecule has 0 saturated heterocycles. The van der Waals surface area contributed by atoms with Gasteiger partial charge < -0.3 is 5.32 Å². The summed E-state index contributed by atoms with van der Waals surface area (Å²) in [5, 5.41) is 3.19. The van der Waals surface area contributed by atoms with Gasteiger partial charge in [-0.1, -0.05) is 11.6 Å². The van der Waals surface area contributed by atoms with Crippen molar-refractivity contribution in [3.8, 4) is 0 Å². The SMILES string of the molecule is Cc1cc(Cl)ccc1NC(=O)CN(c1ccc(F)cc1)S(=O)(=O)N(C)C. The van der Waals surface area contributed by atoms with Crippen molar-refractivity contribution in [3.63, 3.8) is 0 Å². The third-order valence-corrected chi connectivity index (χ3v) is 5.66. The van der Waals surface area contributed by atoms with Crippen LogP contribution in [0.1, 0.15) is 5.56 Å². The van der Waals surface area contributed by atoms with Crippen LogP contribution in [0, 0.1) is 12.7 Å². The summed E-state index contributed by atoms with van der Waals surface area (Å²) in [6, 6.07) is 9.82. The molecule has 0 saturated carbocycles. The molecule has 2 aromatic carbocycles. The van der Waals surface area contributed by atoms with Gasteiger partial charge in [-0.2, -0.15) is 12.7 Å². The first-order chi connectivity index (χ1) is 12.1. The number of nitrogens with one attached hydrogen (secondary N) is 1. The maximum absolute atomic E-state index is 13.2. The second-order valence-electron chi connectivity index (χ2n) is 5.78. The fourth-order valence-corrected chi connectivity index (χ4v) is 3.49. The molecule has 0 unspecified atom stereocenters. The normalized spacial score (nSPS) is 11.5. The summed E-state index contributed by atoms with van der Waals surface area (Å²) in [7, 11) is -1.24. The number of carbonyl (C=O) groups is 1. The van der Waals surface area contributed by atoms with Gasteiger partial charge in [-0.25, -0.2) is 8.70 Å². The number of halogens is 2. The van der Waals surface area contributed by atoms with E-state index in [0.29, 0.717) is 10.7 Å². The van der Waals surface area contributed by atoms with Crippen LogP contribution in [0.5, 0.6) is 0 Å². The van der Waals surface area contributed by atoms with Gasteiger partial charge in [0.05, 0.1) is 5.69 Å². The molecule has 0 spiro atoms. The quantitative estimate of drug-likeness (QED) is 0.811. The molecule has 140 valence electrons. The molecule has 0 bridgehead atoms. The monoisotopic (exact) mass is 399 g/mol. The first-order valence-electron chi connectivity index (χ1n) is 7.63. The summed E-state index contributed by atoms with van der Waals surface area (Å²) in [6.45, 7) is 1.31. The zero-order chi connectivity index (χ0) is 19.5. The highest BCUT2D eigenvalue weighted by Crippen LogP contribution is 2.22. The molecule has 26 heavy (non-hydrogen) atoms. The summed E-state index contributed by atoms with van der Waals surface area (Å²) in [6.07, 6.45) is 0. The largest absolute Gasteiger partial charge is 0.324 e. The molecule has 0 aliphatic rings. The lowest BCUT2D eigenvalue weighted by Gasteiger charge is -2.27. The Kier molecular flexibility index (Phi) is 6.22. The number of rotatable bonds is 6. The van der Waals surface area contributed by atoms with E-state index >= 15 is 0 Å². The highest BCUT2D eigenvalue weighted by molar-refractivity contribution is 7.90. The van der Waals surface area contributed by atoms with Crippen LogP contribution in [-0.4, -0.2) is 39.3 Å². The fraction of sp³-hybridized carbons (Fsp3) is 0.235. The van der Waals surface area contributed by atoms with Gasteiger partial charge >= 0.3 is 10.2 Å². The van der Waals surface area contributed by atoms with Crippen LogP contribution in [0.25, 0.3) is 0 Å². The van der Waals surface area contributed by atoms with Crippen LogP contribution in [0.4, 0.5) is 15.8 Å². The van der Waals surface area contributed by atoms with Gasteiger partial charge in [0.2, 0.25) is 5.91 Å². The van der Waals surface area contributed by atoms with E-state index in [-0.39, 0.29) is 5.69 Å². The predicted octanol–water partition coefficient (Wildman–Crippen LogP) is 3.04. The van der Waals surface area contributed by atoms with Gasteiger partial charge in [-0.3, -0.25) is 4.79 Å². The van der Waals surface area contributed by atoms with Crippen molar-refractivity contribution in [2.45, 2.75) is 6.92 Å². The van der Waals surface area contributed by atoms with Crippen molar-refractivity contribution < 1.29 is 17.6 Å². The van der Waals surface area contributed by atoms with E-state index in [1.807, 2.05) is 0 Å². The standard InChI is InChI=1S/C17H19ClFN3O3S/c1-12-10-13(18)4-9-16(12)20-17(23)11-22(26(24,25)21(2)3)15-7-5-14(19)6-8-15/h4-10H,11H2,1-3H3,(H,20,23). The van der Waals surface area contributed by atoms with Crippen molar-refractivity contribution in [2.75, 3.05) is 30.3 Å². The molecule has 0 heterocycles. The molecule has 6 nitrogen and oxygen atoms in total. The van der Waals surface area contributed by atoms with E-state index in [9.17, 15) is 17.6 Å². The Morgan fingerprint density at radius 1 is 1.15 bits per heavy atom. The molecule has 1 amide bonds. The van der Waals surface area contributed by atoms with E-state index in [2.05, 4.69) is 5.32 Å². The van der Waals surface area contributed by atoms with Gasteiger partial charge in [0, 0.05) is 24.8 Å². The first-order valence-corrected chi connectivity index (χ1v) is 9.40. The third-order valence-electron chi connectivity index (χ3n) is 3.60. The Hall–Kier alpha value is -2.16. The highest BCUT2D eigenvalue weighted by Gasteiger charge is 2.27. The van der Waals surface area contributed by atoms with Gasteiger partial charge in [-0.15, -0.1) is 0 Å². The van der Waals surface area contributed by atoms with Crippen LogP contribution in [0.2, 0.25) is 5.02 Å². The molecule has 2 rings (SSSR count). The number of hydrogen-bond donors (Lipinski definition) is 1. The minimum atomic E-state index is -3.95. The summed E-state index contributed by atoms with van der Waals surface area (Å²) in [4.78, 5) is 12.4. The topological polar surface area (TPSA) is 69.7 Å². The van der Waals surface area contributed by atoms with E-state index in [0.717, 1.165) is 26.3 Å². The second kappa shape index (κ2) is 8.03. The Balaban J connectivity index is 2.28. The van der Waals surface area contributed by atoms with E-state index in [1.165, 1.54) is 26.2 Å². The molecular weight excluding hydrogens is 381 g/mol. The third kappa shape index (κ3) is 4.72. The van der Waals surface area contributed by atoms with E-state index in [4.69, 9.17) is 11.6 Å². The van der Waals surface area contributed by atoms with Crippen LogP contribution in [0.15, 0.2) is 42.5 Å². The molecule has 0 atom stereocenters. The van der Waals surface area contributed by atoms with E-state index in [1.54, 1.807) is 25.1 Å². The number of amides is 1. The molecule has 0 fully saturated rings. The summed E-state index contributed by atoms with van der Waals surface area (Å²) < 4.78 is 40.2. The maximum atomic E-state index is 13.2. The first kappa shape index (κ1) is 20.2. The van der Waals surface area contributed by atoms with Crippen molar-refractivity contribution in [3.05, 3.63) is 58.9 Å². The van der Waals surface area contributed by atoms with Crippen molar-refractivity contribution >= 4 is 39.1 Å². The summed E-state index contributed by atoms with van der Waals surface area (Å²) in [5.74, 6) is -1.04. The fourth-order valence-electron chi connectivity index (χ4n) is 2.20. The number of nitrogens with zero attached hydrogens (tertiary/aromatic N) is 2. The van der Waals surface area contributed by atoms with Gasteiger partial charge in [0.1, 0.15) is 12.4 Å². The lowest BCUT2D eigenvalue weighted by atomic mass is 10.2. The number of anilines is 2. The van der Waals surface area contributed by atoms with Gasteiger partial charge in [-0.05, 0) is 55.0 Å². The molecule has 9 heteroatoms. The smallest absolute Gasteiger partial charge is 0.304 e. The van der Waals surface area contributed by atoms with Crippen molar-refractivity contribution in [1.29, 1.82) is 0 Å². The summed E-state index contributed by atoms with van der Waals surface area (Å²) >= 11 is 5.89. The van der Waals surface area contributed by atoms with Gasteiger partial charge in [0.15, 0.2) is 0 Å². The number of carbonyl (C=O) groups excluding carboxylic acids is 1. The maximum Gasteiger partial charge on any atom is 0.304 e. The molecular formula is C17H19ClFN3O3S. The minimum absolute atomic E-state index is 0.183. The second-order valence-corrected chi connectivity index (χ2v) is 8.28. The van der Waals surface area contributed by atoms with Crippen molar-refractivity contribution in [1.82, 2.24) is 4.31 Å². The average molecular weight is 400 g/mol. The number of aryl methyl sites for hydroxylation is 1. The Morgan fingerprint density at radius 3 is 2.31 bits per heavy atom. The van der Waals surface area contributed by atoms with Crippen LogP contribution < -0.4 is 9.62 Å². The molecule has 0 radical (unpaired) electrons. The lowest BCUT2D eigenvalue weighted by molar-refractivity contribution is -0.114. The van der Waals surface area contributed by atoms with Crippen LogP contribution in [0.3, 0.4) is 0 Å². The molecule has 0 aliphatic heterocycles.